The van der Waals surface area contributed by atoms with Crippen LogP contribution in [0, 0.1) is 0 Å². The van der Waals surface area contributed by atoms with E-state index in [1.165, 1.54) is 12.1 Å². The van der Waals surface area contributed by atoms with Crippen LogP contribution >= 0.6 is 11.8 Å². The van der Waals surface area contributed by atoms with Crippen molar-refractivity contribution in [3.63, 3.8) is 0 Å². The molecule has 1 saturated carbocycles. The summed E-state index contributed by atoms with van der Waals surface area (Å²) in [5.74, 6) is -0.155. The maximum Gasteiger partial charge on any atom is 0.284 e. The largest absolute Gasteiger partial charge is 0.382 e. The Morgan fingerprint density at radius 2 is 1.81 bits per heavy atom. The number of benzene rings is 1. The first-order chi connectivity index (χ1) is 12.4. The number of carbonyl (C=O) groups is 1. The lowest BCUT2D eigenvalue weighted by Crippen LogP contribution is -2.40. The molecule has 0 spiro atoms. The molecule has 1 amide bonds. The van der Waals surface area contributed by atoms with E-state index in [2.05, 4.69) is 4.40 Å². The third kappa shape index (κ3) is 4.12. The van der Waals surface area contributed by atoms with Crippen molar-refractivity contribution in [2.24, 2.45) is 4.40 Å². The smallest absolute Gasteiger partial charge is 0.284 e. The summed E-state index contributed by atoms with van der Waals surface area (Å²) in [5.41, 5.74) is 0. The minimum atomic E-state index is -3.86. The van der Waals surface area contributed by atoms with Gasteiger partial charge in [0.15, 0.2) is 5.17 Å². The average Bonchev–Trinajstić information content (AvgIpc) is 2.90. The van der Waals surface area contributed by atoms with Crippen molar-refractivity contribution in [3.8, 4) is 0 Å². The fraction of sp³-hybridized carbons (Fsp3) is 0.444. The van der Waals surface area contributed by atoms with E-state index in [9.17, 15) is 13.2 Å². The normalized spacial score (nSPS) is 22.4. The van der Waals surface area contributed by atoms with E-state index >= 15 is 0 Å². The Balaban J connectivity index is 2.00. The number of carbonyl (C=O) groups excluding carboxylic acids is 1. The van der Waals surface area contributed by atoms with Crippen molar-refractivity contribution >= 4 is 32.9 Å². The van der Waals surface area contributed by atoms with Gasteiger partial charge in [0.25, 0.3) is 15.9 Å². The molecule has 0 radical (unpaired) electrons. The number of rotatable bonds is 4. The molecule has 0 unspecified atom stereocenters. The zero-order valence-corrected chi connectivity index (χ0v) is 16.6. The Hall–Kier alpha value is -1.80. The van der Waals surface area contributed by atoms with Crippen LogP contribution < -0.4 is 0 Å². The van der Waals surface area contributed by atoms with Crippen molar-refractivity contribution in [1.29, 1.82) is 0 Å². The number of amides is 1. The summed E-state index contributed by atoms with van der Waals surface area (Å²) in [4.78, 5) is 16.9. The molecule has 1 heterocycles. The van der Waals surface area contributed by atoms with Crippen molar-refractivity contribution in [3.05, 3.63) is 41.4 Å². The van der Waals surface area contributed by atoms with E-state index < -0.39 is 10.0 Å². The second kappa shape index (κ2) is 7.84. The standard InChI is InChI=1S/C18H23N3O3S2/c1-20(2)13-16-17(22)21(14-9-5-3-6-10-14)18(25-16)19-26(23,24)15-11-7-4-8-12-15/h4,7-8,11-14H,3,5-6,9-10H2,1-2H3/b16-13+,19-18+. The van der Waals surface area contributed by atoms with E-state index in [1.54, 1.807) is 34.2 Å². The highest BCUT2D eigenvalue weighted by molar-refractivity contribution is 8.19. The van der Waals surface area contributed by atoms with Crippen molar-refractivity contribution in [2.45, 2.75) is 43.0 Å². The molecule has 1 aromatic carbocycles. The van der Waals surface area contributed by atoms with Crippen LogP contribution in [0.4, 0.5) is 0 Å². The summed E-state index contributed by atoms with van der Waals surface area (Å²) in [5, 5.41) is 0.263. The first-order valence-electron chi connectivity index (χ1n) is 8.68. The summed E-state index contributed by atoms with van der Waals surface area (Å²) in [6, 6.07) is 8.13. The lowest BCUT2D eigenvalue weighted by molar-refractivity contribution is -0.124. The van der Waals surface area contributed by atoms with Gasteiger partial charge in [-0.3, -0.25) is 9.69 Å². The summed E-state index contributed by atoms with van der Waals surface area (Å²) in [6.45, 7) is 0. The Kier molecular flexibility index (Phi) is 5.72. The molecule has 0 aromatic heterocycles. The van der Waals surface area contributed by atoms with Crippen LogP contribution in [0.15, 0.2) is 50.7 Å². The van der Waals surface area contributed by atoms with Gasteiger partial charge in [-0.15, -0.1) is 4.40 Å². The van der Waals surface area contributed by atoms with Gasteiger partial charge in [0.1, 0.15) is 0 Å². The highest BCUT2D eigenvalue weighted by Gasteiger charge is 2.40. The fourth-order valence-corrected chi connectivity index (χ4v) is 5.50. The molecular formula is C18H23N3O3S2. The highest BCUT2D eigenvalue weighted by Crippen LogP contribution is 2.37. The number of thioether (sulfide) groups is 1. The zero-order valence-electron chi connectivity index (χ0n) is 15.0. The Labute approximate surface area is 159 Å². The Morgan fingerprint density at radius 1 is 1.15 bits per heavy atom. The molecule has 2 aliphatic rings. The van der Waals surface area contributed by atoms with Gasteiger partial charge in [-0.25, -0.2) is 0 Å². The second-order valence-corrected chi connectivity index (χ2v) is 9.30. The van der Waals surface area contributed by atoms with Crippen LogP contribution in [0.1, 0.15) is 32.1 Å². The van der Waals surface area contributed by atoms with E-state index in [1.807, 2.05) is 14.1 Å². The predicted molar refractivity (Wildman–Crippen MR) is 104 cm³/mol. The SMILES string of the molecule is CN(C)/C=C1/S/C(=N/S(=O)(=O)c2ccccc2)N(C2CCCCC2)C1=O. The van der Waals surface area contributed by atoms with Crippen LogP contribution in [0.5, 0.6) is 0 Å². The molecule has 0 atom stereocenters. The van der Waals surface area contributed by atoms with Gasteiger partial charge >= 0.3 is 0 Å². The van der Waals surface area contributed by atoms with Crippen molar-refractivity contribution in [2.75, 3.05) is 14.1 Å². The Morgan fingerprint density at radius 3 is 2.42 bits per heavy atom. The van der Waals surface area contributed by atoms with Crippen LogP contribution in [0.25, 0.3) is 0 Å². The van der Waals surface area contributed by atoms with E-state index in [4.69, 9.17) is 0 Å². The summed E-state index contributed by atoms with van der Waals surface area (Å²) >= 11 is 1.14. The monoisotopic (exact) mass is 393 g/mol. The van der Waals surface area contributed by atoms with Gasteiger partial charge < -0.3 is 4.90 Å². The van der Waals surface area contributed by atoms with Crippen LogP contribution in [-0.2, 0) is 14.8 Å². The average molecular weight is 394 g/mol. The summed E-state index contributed by atoms with van der Waals surface area (Å²) in [6.07, 6.45) is 6.73. The maximum absolute atomic E-state index is 12.9. The van der Waals surface area contributed by atoms with Gasteiger partial charge in [-0.1, -0.05) is 37.5 Å². The number of hydrogen-bond donors (Lipinski definition) is 0. The topological polar surface area (TPSA) is 70.1 Å². The van der Waals surface area contributed by atoms with Gasteiger partial charge in [-0.2, -0.15) is 8.42 Å². The van der Waals surface area contributed by atoms with E-state index in [0.717, 1.165) is 43.9 Å². The molecule has 8 heteroatoms. The van der Waals surface area contributed by atoms with Crippen LogP contribution in [0.3, 0.4) is 0 Å². The molecule has 1 aliphatic carbocycles. The Bertz CT molecular complexity index is 826. The minimum Gasteiger partial charge on any atom is -0.382 e. The highest BCUT2D eigenvalue weighted by atomic mass is 32.2. The summed E-state index contributed by atoms with van der Waals surface area (Å²) in [7, 11) is -0.188. The molecule has 1 saturated heterocycles. The molecule has 2 fully saturated rings. The van der Waals surface area contributed by atoms with Crippen LogP contribution in [0.2, 0.25) is 0 Å². The van der Waals surface area contributed by atoms with Gasteiger partial charge in [0.05, 0.1) is 9.80 Å². The quantitative estimate of drug-likeness (QED) is 0.736. The molecule has 26 heavy (non-hydrogen) atoms. The first kappa shape index (κ1) is 19.0. The van der Waals surface area contributed by atoms with E-state index in [-0.39, 0.29) is 22.0 Å². The van der Waals surface area contributed by atoms with Crippen molar-refractivity contribution in [1.82, 2.24) is 9.80 Å². The van der Waals surface area contributed by atoms with Gasteiger partial charge in [0, 0.05) is 26.3 Å². The van der Waals surface area contributed by atoms with Crippen molar-refractivity contribution < 1.29 is 13.2 Å². The third-order valence-corrected chi connectivity index (χ3v) is 6.76. The molecule has 3 rings (SSSR count). The first-order valence-corrected chi connectivity index (χ1v) is 10.9. The molecule has 0 bridgehead atoms. The number of hydrogen-bond acceptors (Lipinski definition) is 5. The number of nitrogens with zero attached hydrogens (tertiary/aromatic N) is 3. The maximum atomic E-state index is 12.9. The fourth-order valence-electron chi connectivity index (χ4n) is 3.18. The minimum absolute atomic E-state index is 0.0153. The molecule has 6 nitrogen and oxygen atoms in total. The second-order valence-electron chi connectivity index (χ2n) is 6.69. The molecule has 140 valence electrons. The molecule has 0 N–H and O–H groups in total. The molecule has 1 aromatic rings. The lowest BCUT2D eigenvalue weighted by atomic mass is 9.94. The number of amidine groups is 1. The zero-order chi connectivity index (χ0) is 18.7. The predicted octanol–water partition coefficient (Wildman–Crippen LogP) is 3.04. The number of sulfonamides is 1. The summed E-state index contributed by atoms with van der Waals surface area (Å²) < 4.78 is 29.4. The van der Waals surface area contributed by atoms with Gasteiger partial charge in [-0.05, 0) is 36.7 Å². The van der Waals surface area contributed by atoms with E-state index in [0.29, 0.717) is 4.91 Å². The molecular weight excluding hydrogens is 370 g/mol. The van der Waals surface area contributed by atoms with Gasteiger partial charge in [0.2, 0.25) is 0 Å². The lowest BCUT2D eigenvalue weighted by Gasteiger charge is -2.30. The third-order valence-electron chi connectivity index (χ3n) is 4.39. The van der Waals surface area contributed by atoms with Crippen LogP contribution in [-0.4, -0.2) is 49.4 Å². The molecule has 1 aliphatic heterocycles.